The molecule has 1 unspecified atom stereocenters. The molecule has 1 saturated heterocycles. The fourth-order valence-electron chi connectivity index (χ4n) is 1.38. The van der Waals surface area contributed by atoms with Crippen LogP contribution in [0.3, 0.4) is 0 Å². The molecule has 16 heavy (non-hydrogen) atoms. The van der Waals surface area contributed by atoms with Gasteiger partial charge in [0.1, 0.15) is 0 Å². The van der Waals surface area contributed by atoms with Gasteiger partial charge in [-0.3, -0.25) is 0 Å². The summed E-state index contributed by atoms with van der Waals surface area (Å²) >= 11 is 0. The summed E-state index contributed by atoms with van der Waals surface area (Å²) in [4.78, 5) is 2.59. The summed E-state index contributed by atoms with van der Waals surface area (Å²) in [6.07, 6.45) is 0. The van der Waals surface area contributed by atoms with E-state index in [1.165, 1.54) is 0 Å². The highest BCUT2D eigenvalue weighted by Crippen LogP contribution is 2.00. The van der Waals surface area contributed by atoms with E-state index in [0.29, 0.717) is 32.8 Å². The summed E-state index contributed by atoms with van der Waals surface area (Å²) < 4.78 is 28.9. The lowest BCUT2D eigenvalue weighted by atomic mass is 10.5. The number of sulfonamides is 1. The van der Waals surface area contributed by atoms with Crippen molar-refractivity contribution < 1.29 is 13.2 Å². The van der Waals surface area contributed by atoms with Crippen LogP contribution >= 0.6 is 0 Å². The Morgan fingerprint density at radius 2 is 2.00 bits per heavy atom. The van der Waals surface area contributed by atoms with Gasteiger partial charge in [-0.15, -0.1) is 4.83 Å². The van der Waals surface area contributed by atoms with Crippen molar-refractivity contribution >= 4 is 10.0 Å². The largest absolute Gasteiger partial charge is 0.379 e. The van der Waals surface area contributed by atoms with Crippen molar-refractivity contribution in [1.29, 1.82) is 0 Å². The van der Waals surface area contributed by atoms with Crippen LogP contribution in [-0.2, 0) is 14.8 Å². The Morgan fingerprint density at radius 3 is 2.56 bits per heavy atom. The van der Waals surface area contributed by atoms with Crippen molar-refractivity contribution in [2.24, 2.45) is 0 Å². The predicted molar refractivity (Wildman–Crippen MR) is 62.5 cm³/mol. The Morgan fingerprint density at radius 1 is 1.38 bits per heavy atom. The molecule has 0 aromatic rings. The fourth-order valence-corrected chi connectivity index (χ4v) is 2.44. The summed E-state index contributed by atoms with van der Waals surface area (Å²) in [6, 6.07) is 0. The second-order valence-corrected chi connectivity index (χ2v) is 5.93. The highest BCUT2D eigenvalue weighted by molar-refractivity contribution is 7.90. The molecule has 0 aromatic heterocycles. The summed E-state index contributed by atoms with van der Waals surface area (Å²) in [5.74, 6) is 0. The quantitative estimate of drug-likeness (QED) is 0.643. The SMILES string of the molecule is CCNCC(C)S(=O)(=O)NN1CCOCC1. The number of rotatable bonds is 6. The molecule has 0 aliphatic carbocycles. The third kappa shape index (κ3) is 4.34. The highest BCUT2D eigenvalue weighted by atomic mass is 32.2. The molecule has 1 heterocycles. The van der Waals surface area contributed by atoms with E-state index < -0.39 is 15.3 Å². The summed E-state index contributed by atoms with van der Waals surface area (Å²) in [5.41, 5.74) is 0. The lowest BCUT2D eigenvalue weighted by Gasteiger charge is -2.28. The number of ether oxygens (including phenoxy) is 1. The zero-order valence-corrected chi connectivity index (χ0v) is 10.7. The minimum absolute atomic E-state index is 0.435. The van der Waals surface area contributed by atoms with Crippen LogP contribution in [0.5, 0.6) is 0 Å². The first kappa shape index (κ1) is 13.9. The van der Waals surface area contributed by atoms with Crippen LogP contribution in [0.1, 0.15) is 13.8 Å². The lowest BCUT2D eigenvalue weighted by Crippen LogP contribution is -2.51. The predicted octanol–water partition coefficient (Wildman–Crippen LogP) is -0.849. The number of morpholine rings is 1. The third-order valence-corrected chi connectivity index (χ3v) is 4.22. The molecule has 0 aromatic carbocycles. The first-order valence-electron chi connectivity index (χ1n) is 5.61. The van der Waals surface area contributed by atoms with Crippen molar-refractivity contribution in [3.8, 4) is 0 Å². The monoisotopic (exact) mass is 251 g/mol. The van der Waals surface area contributed by atoms with Gasteiger partial charge in [0.05, 0.1) is 18.5 Å². The Balaban J connectivity index is 2.42. The summed E-state index contributed by atoms with van der Waals surface area (Å²) in [6.45, 7) is 7.25. The van der Waals surface area contributed by atoms with Crippen LogP contribution in [0.4, 0.5) is 0 Å². The number of nitrogens with zero attached hydrogens (tertiary/aromatic N) is 1. The molecule has 0 radical (unpaired) electrons. The maximum atomic E-state index is 11.9. The molecule has 0 amide bonds. The number of hydrazine groups is 1. The molecule has 2 N–H and O–H groups in total. The number of nitrogens with one attached hydrogen (secondary N) is 2. The lowest BCUT2D eigenvalue weighted by molar-refractivity contribution is 0.0271. The normalized spacial score (nSPS) is 20.9. The van der Waals surface area contributed by atoms with E-state index in [0.717, 1.165) is 6.54 Å². The van der Waals surface area contributed by atoms with Crippen molar-refractivity contribution in [3.05, 3.63) is 0 Å². The first-order chi connectivity index (χ1) is 7.56. The second kappa shape index (κ2) is 6.51. The first-order valence-corrected chi connectivity index (χ1v) is 7.15. The average Bonchev–Trinajstić information content (AvgIpc) is 2.26. The summed E-state index contributed by atoms with van der Waals surface area (Å²) in [5, 5.41) is 4.29. The van der Waals surface area contributed by atoms with Gasteiger partial charge in [0.2, 0.25) is 10.0 Å². The third-order valence-electron chi connectivity index (χ3n) is 2.48. The average molecular weight is 251 g/mol. The molecule has 1 aliphatic rings. The molecular formula is C9H21N3O3S. The zero-order valence-electron chi connectivity index (χ0n) is 9.90. The van der Waals surface area contributed by atoms with Crippen molar-refractivity contribution in [2.45, 2.75) is 19.1 Å². The highest BCUT2D eigenvalue weighted by Gasteiger charge is 2.23. The minimum atomic E-state index is -3.27. The smallest absolute Gasteiger partial charge is 0.228 e. The Kier molecular flexibility index (Phi) is 5.63. The molecule has 7 heteroatoms. The number of hydrogen-bond acceptors (Lipinski definition) is 5. The van der Waals surface area contributed by atoms with Gasteiger partial charge in [-0.05, 0) is 13.5 Å². The zero-order chi connectivity index (χ0) is 12.0. The van der Waals surface area contributed by atoms with Gasteiger partial charge in [0.25, 0.3) is 0 Å². The van der Waals surface area contributed by atoms with Crippen molar-refractivity contribution in [2.75, 3.05) is 39.4 Å². The second-order valence-electron chi connectivity index (χ2n) is 3.85. The van der Waals surface area contributed by atoms with Gasteiger partial charge < -0.3 is 10.1 Å². The van der Waals surface area contributed by atoms with Gasteiger partial charge >= 0.3 is 0 Å². The van der Waals surface area contributed by atoms with Crippen LogP contribution < -0.4 is 10.1 Å². The van der Waals surface area contributed by atoms with E-state index >= 15 is 0 Å². The standard InChI is InChI=1S/C9H21N3O3S/c1-3-10-8-9(2)16(13,14)11-12-4-6-15-7-5-12/h9-11H,3-8H2,1-2H3. The van der Waals surface area contributed by atoms with Crippen LogP contribution in [-0.4, -0.2) is 58.1 Å². The van der Waals surface area contributed by atoms with E-state index in [9.17, 15) is 8.42 Å². The molecule has 0 spiro atoms. The minimum Gasteiger partial charge on any atom is -0.379 e. The Hall–Kier alpha value is -0.210. The molecular weight excluding hydrogens is 230 g/mol. The topological polar surface area (TPSA) is 70.7 Å². The van der Waals surface area contributed by atoms with E-state index in [1.807, 2.05) is 6.92 Å². The molecule has 0 bridgehead atoms. The van der Waals surface area contributed by atoms with Crippen LogP contribution in [0.15, 0.2) is 0 Å². The van der Waals surface area contributed by atoms with E-state index in [-0.39, 0.29) is 0 Å². The van der Waals surface area contributed by atoms with Gasteiger partial charge in [-0.1, -0.05) is 6.92 Å². The van der Waals surface area contributed by atoms with Crippen LogP contribution in [0, 0.1) is 0 Å². The number of hydrogen-bond donors (Lipinski definition) is 2. The molecule has 96 valence electrons. The maximum Gasteiger partial charge on any atom is 0.228 e. The fraction of sp³-hybridized carbons (Fsp3) is 1.00. The van der Waals surface area contributed by atoms with Gasteiger partial charge in [-0.2, -0.15) is 0 Å². The molecule has 1 fully saturated rings. The van der Waals surface area contributed by atoms with E-state index in [1.54, 1.807) is 11.9 Å². The molecule has 1 aliphatic heterocycles. The van der Waals surface area contributed by atoms with Crippen LogP contribution in [0.25, 0.3) is 0 Å². The maximum absolute atomic E-state index is 11.9. The van der Waals surface area contributed by atoms with Crippen LogP contribution in [0.2, 0.25) is 0 Å². The van der Waals surface area contributed by atoms with Gasteiger partial charge in [0, 0.05) is 19.6 Å². The molecule has 1 atom stereocenters. The molecule has 0 saturated carbocycles. The van der Waals surface area contributed by atoms with Gasteiger partial charge in [-0.25, -0.2) is 13.4 Å². The molecule has 1 rings (SSSR count). The Labute approximate surface area is 97.4 Å². The van der Waals surface area contributed by atoms with Crippen molar-refractivity contribution in [3.63, 3.8) is 0 Å². The van der Waals surface area contributed by atoms with E-state index in [2.05, 4.69) is 10.1 Å². The Bertz CT molecular complexity index is 288. The van der Waals surface area contributed by atoms with Crippen molar-refractivity contribution in [1.82, 2.24) is 15.2 Å². The van der Waals surface area contributed by atoms with E-state index in [4.69, 9.17) is 4.74 Å². The summed E-state index contributed by atoms with van der Waals surface area (Å²) in [7, 11) is -3.27. The molecule has 6 nitrogen and oxygen atoms in total. The van der Waals surface area contributed by atoms with Gasteiger partial charge in [0.15, 0.2) is 0 Å².